The molecule has 0 radical (unpaired) electrons. The third kappa shape index (κ3) is 3.21. The standard InChI is InChI=1S/C14H16FNO/c15-14-9-13(17-10-11-3-1-4-11)7-6-12(14)5-2-8-16/h6-7,9,11H,1,3-4,8,10,16H2. The highest BCUT2D eigenvalue weighted by Crippen LogP contribution is 2.27. The van der Waals surface area contributed by atoms with E-state index in [4.69, 9.17) is 10.5 Å². The van der Waals surface area contributed by atoms with Crippen molar-refractivity contribution in [3.05, 3.63) is 29.6 Å². The largest absolute Gasteiger partial charge is 0.493 e. The third-order valence-electron chi connectivity index (χ3n) is 2.98. The predicted molar refractivity (Wildman–Crippen MR) is 65.2 cm³/mol. The van der Waals surface area contributed by atoms with Gasteiger partial charge in [-0.3, -0.25) is 0 Å². The highest BCUT2D eigenvalue weighted by molar-refractivity contribution is 5.39. The van der Waals surface area contributed by atoms with E-state index in [0.29, 0.717) is 23.8 Å². The first-order valence-electron chi connectivity index (χ1n) is 5.91. The van der Waals surface area contributed by atoms with Gasteiger partial charge in [-0.2, -0.15) is 0 Å². The van der Waals surface area contributed by atoms with E-state index in [1.165, 1.54) is 25.3 Å². The van der Waals surface area contributed by atoms with Crippen LogP contribution in [-0.2, 0) is 0 Å². The lowest BCUT2D eigenvalue weighted by Gasteiger charge is -2.25. The first-order valence-corrected chi connectivity index (χ1v) is 5.91. The van der Waals surface area contributed by atoms with Gasteiger partial charge < -0.3 is 10.5 Å². The van der Waals surface area contributed by atoms with E-state index < -0.39 is 0 Å². The van der Waals surface area contributed by atoms with E-state index in [1.54, 1.807) is 12.1 Å². The number of benzene rings is 1. The normalized spacial score (nSPS) is 14.7. The van der Waals surface area contributed by atoms with Crippen LogP contribution in [0.25, 0.3) is 0 Å². The van der Waals surface area contributed by atoms with Crippen molar-refractivity contribution in [2.75, 3.05) is 13.2 Å². The highest BCUT2D eigenvalue weighted by atomic mass is 19.1. The first-order chi connectivity index (χ1) is 8.29. The summed E-state index contributed by atoms with van der Waals surface area (Å²) in [6.45, 7) is 0.923. The topological polar surface area (TPSA) is 35.2 Å². The summed E-state index contributed by atoms with van der Waals surface area (Å²) in [6.07, 6.45) is 3.74. The van der Waals surface area contributed by atoms with E-state index in [9.17, 15) is 4.39 Å². The Kier molecular flexibility index (Phi) is 4.00. The molecule has 0 bridgehead atoms. The number of halogens is 1. The van der Waals surface area contributed by atoms with Gasteiger partial charge in [-0.1, -0.05) is 18.3 Å². The molecule has 0 aliphatic heterocycles. The van der Waals surface area contributed by atoms with Crippen LogP contribution in [0.5, 0.6) is 5.75 Å². The van der Waals surface area contributed by atoms with Crippen LogP contribution in [0.4, 0.5) is 4.39 Å². The van der Waals surface area contributed by atoms with Crippen molar-refractivity contribution in [1.82, 2.24) is 0 Å². The number of hydrogen-bond donors (Lipinski definition) is 1. The molecule has 0 amide bonds. The molecule has 3 heteroatoms. The smallest absolute Gasteiger partial charge is 0.142 e. The fourth-order valence-corrected chi connectivity index (χ4v) is 1.71. The van der Waals surface area contributed by atoms with E-state index in [-0.39, 0.29) is 12.4 Å². The molecule has 0 aromatic heterocycles. The van der Waals surface area contributed by atoms with Crippen molar-refractivity contribution in [3.8, 4) is 17.6 Å². The molecule has 90 valence electrons. The number of ether oxygens (including phenoxy) is 1. The Hall–Kier alpha value is -1.53. The minimum atomic E-state index is -0.350. The van der Waals surface area contributed by atoms with E-state index in [2.05, 4.69) is 11.8 Å². The zero-order valence-corrected chi connectivity index (χ0v) is 9.71. The summed E-state index contributed by atoms with van der Waals surface area (Å²) < 4.78 is 19.1. The van der Waals surface area contributed by atoms with Crippen molar-refractivity contribution in [2.45, 2.75) is 19.3 Å². The molecule has 1 fully saturated rings. The minimum absolute atomic E-state index is 0.235. The molecule has 0 unspecified atom stereocenters. The summed E-state index contributed by atoms with van der Waals surface area (Å²) in [5.74, 6) is 6.19. The maximum atomic E-state index is 13.6. The second kappa shape index (κ2) is 5.70. The lowest BCUT2D eigenvalue weighted by molar-refractivity contribution is 0.180. The third-order valence-corrected chi connectivity index (χ3v) is 2.98. The Bertz CT molecular complexity index is 443. The van der Waals surface area contributed by atoms with Gasteiger partial charge in [0.15, 0.2) is 0 Å². The van der Waals surface area contributed by atoms with Crippen LogP contribution in [0.15, 0.2) is 18.2 Å². The monoisotopic (exact) mass is 233 g/mol. The molecule has 1 aromatic carbocycles. The second-order valence-corrected chi connectivity index (χ2v) is 4.26. The number of nitrogens with two attached hydrogens (primary N) is 1. The fourth-order valence-electron chi connectivity index (χ4n) is 1.71. The summed E-state index contributed by atoms with van der Waals surface area (Å²) in [5, 5.41) is 0. The van der Waals surface area contributed by atoms with Crippen molar-refractivity contribution < 1.29 is 9.13 Å². The maximum absolute atomic E-state index is 13.6. The lowest BCUT2D eigenvalue weighted by Crippen LogP contribution is -2.19. The fraction of sp³-hybridized carbons (Fsp3) is 0.429. The van der Waals surface area contributed by atoms with Crippen molar-refractivity contribution in [2.24, 2.45) is 11.7 Å². The van der Waals surface area contributed by atoms with E-state index in [1.807, 2.05) is 0 Å². The molecule has 0 spiro atoms. The second-order valence-electron chi connectivity index (χ2n) is 4.26. The van der Waals surface area contributed by atoms with Gasteiger partial charge in [0.1, 0.15) is 11.6 Å². The number of rotatable bonds is 3. The van der Waals surface area contributed by atoms with Gasteiger partial charge in [0.2, 0.25) is 0 Å². The van der Waals surface area contributed by atoms with E-state index >= 15 is 0 Å². The predicted octanol–water partition coefficient (Wildman–Crippen LogP) is 2.31. The number of hydrogen-bond acceptors (Lipinski definition) is 2. The van der Waals surface area contributed by atoms with Crippen LogP contribution in [0.2, 0.25) is 0 Å². The quantitative estimate of drug-likeness (QED) is 0.813. The van der Waals surface area contributed by atoms with Crippen molar-refractivity contribution in [3.63, 3.8) is 0 Å². The van der Waals surface area contributed by atoms with Crippen LogP contribution in [0.1, 0.15) is 24.8 Å². The molecule has 0 saturated heterocycles. The van der Waals surface area contributed by atoms with Crippen molar-refractivity contribution in [1.29, 1.82) is 0 Å². The lowest BCUT2D eigenvalue weighted by atomic mass is 9.86. The zero-order valence-electron chi connectivity index (χ0n) is 9.71. The molecule has 2 nitrogen and oxygen atoms in total. The Morgan fingerprint density at radius 3 is 2.82 bits per heavy atom. The molecule has 2 rings (SSSR count). The van der Waals surface area contributed by atoms with Gasteiger partial charge in [0.25, 0.3) is 0 Å². The van der Waals surface area contributed by atoms with Crippen LogP contribution in [0.3, 0.4) is 0 Å². The molecule has 1 aliphatic rings. The molecule has 1 aromatic rings. The molecule has 1 aliphatic carbocycles. The average Bonchev–Trinajstić information content (AvgIpc) is 2.26. The Balaban J connectivity index is 1.97. The van der Waals surface area contributed by atoms with Crippen LogP contribution >= 0.6 is 0 Å². The Morgan fingerprint density at radius 1 is 1.41 bits per heavy atom. The summed E-state index contributed by atoms with van der Waals surface area (Å²) in [4.78, 5) is 0. The molecule has 0 heterocycles. The Labute approximate surface area is 101 Å². The highest BCUT2D eigenvalue weighted by Gasteiger charge is 2.17. The van der Waals surface area contributed by atoms with Gasteiger partial charge in [-0.25, -0.2) is 4.39 Å². The van der Waals surface area contributed by atoms with Gasteiger partial charge in [-0.05, 0) is 30.9 Å². The van der Waals surface area contributed by atoms with Crippen molar-refractivity contribution >= 4 is 0 Å². The average molecular weight is 233 g/mol. The maximum Gasteiger partial charge on any atom is 0.142 e. The van der Waals surface area contributed by atoms with E-state index in [0.717, 1.165) is 0 Å². The molecular formula is C14H16FNO. The molecule has 2 N–H and O–H groups in total. The van der Waals surface area contributed by atoms with Crippen LogP contribution in [-0.4, -0.2) is 13.2 Å². The molecule has 1 saturated carbocycles. The summed E-state index contributed by atoms with van der Waals surface area (Å²) in [7, 11) is 0. The molecule has 0 atom stereocenters. The molecule has 17 heavy (non-hydrogen) atoms. The Morgan fingerprint density at radius 2 is 2.24 bits per heavy atom. The van der Waals surface area contributed by atoms with Gasteiger partial charge in [-0.15, -0.1) is 0 Å². The first kappa shape index (κ1) is 11.9. The zero-order chi connectivity index (χ0) is 12.1. The van der Waals surface area contributed by atoms with Gasteiger partial charge in [0.05, 0.1) is 18.7 Å². The summed E-state index contributed by atoms with van der Waals surface area (Å²) in [6, 6.07) is 4.77. The minimum Gasteiger partial charge on any atom is -0.493 e. The van der Waals surface area contributed by atoms with Gasteiger partial charge in [0, 0.05) is 6.07 Å². The van der Waals surface area contributed by atoms with Gasteiger partial charge >= 0.3 is 0 Å². The summed E-state index contributed by atoms with van der Waals surface area (Å²) >= 11 is 0. The summed E-state index contributed by atoms with van der Waals surface area (Å²) in [5.41, 5.74) is 5.61. The van der Waals surface area contributed by atoms with Crippen LogP contribution in [0, 0.1) is 23.6 Å². The molecular weight excluding hydrogens is 217 g/mol. The van der Waals surface area contributed by atoms with Crippen LogP contribution < -0.4 is 10.5 Å². The SMILES string of the molecule is NCC#Cc1ccc(OCC2CCC2)cc1F.